The predicted molar refractivity (Wildman–Crippen MR) is 90.3 cm³/mol. The molecular formula is C18H18ClFN2O. The summed E-state index contributed by atoms with van der Waals surface area (Å²) >= 11 is 5.92. The summed E-state index contributed by atoms with van der Waals surface area (Å²) in [6, 6.07) is 12.1. The molecule has 0 saturated carbocycles. The van der Waals surface area contributed by atoms with Gasteiger partial charge >= 0.3 is 6.03 Å². The van der Waals surface area contributed by atoms with Crippen molar-refractivity contribution in [3.63, 3.8) is 0 Å². The number of anilines is 1. The van der Waals surface area contributed by atoms with E-state index >= 15 is 0 Å². The smallest absolute Gasteiger partial charge is 0.317 e. The van der Waals surface area contributed by atoms with Gasteiger partial charge in [0.25, 0.3) is 0 Å². The zero-order valence-electron chi connectivity index (χ0n) is 12.9. The van der Waals surface area contributed by atoms with Crippen LogP contribution in [0, 0.1) is 12.7 Å². The lowest BCUT2D eigenvalue weighted by molar-refractivity contribution is 0.207. The minimum atomic E-state index is -0.321. The Bertz CT molecular complexity index is 717. The van der Waals surface area contributed by atoms with E-state index in [-0.39, 0.29) is 17.9 Å². The zero-order chi connectivity index (χ0) is 16.4. The number of aryl methyl sites for hydroxylation is 1. The van der Waals surface area contributed by atoms with Gasteiger partial charge in [-0.15, -0.1) is 0 Å². The van der Waals surface area contributed by atoms with Gasteiger partial charge in [0.05, 0.1) is 6.04 Å². The Morgan fingerprint density at radius 3 is 2.70 bits per heavy atom. The normalized spacial score (nSPS) is 17.3. The molecule has 0 bridgehead atoms. The minimum absolute atomic E-state index is 0.0301. The third kappa shape index (κ3) is 3.48. The molecule has 0 aromatic heterocycles. The fourth-order valence-corrected chi connectivity index (χ4v) is 3.03. The lowest BCUT2D eigenvalue weighted by Gasteiger charge is -2.25. The number of benzene rings is 2. The first-order valence-corrected chi connectivity index (χ1v) is 8.01. The van der Waals surface area contributed by atoms with Crippen LogP contribution in [0.15, 0.2) is 42.5 Å². The molecule has 1 heterocycles. The Hall–Kier alpha value is -2.07. The number of carbonyl (C=O) groups excluding carboxylic acids is 1. The number of nitrogens with zero attached hydrogens (tertiary/aromatic N) is 1. The molecule has 3 nitrogen and oxygen atoms in total. The summed E-state index contributed by atoms with van der Waals surface area (Å²) in [7, 11) is 0. The van der Waals surface area contributed by atoms with E-state index in [1.54, 1.807) is 24.0 Å². The fourth-order valence-electron chi connectivity index (χ4n) is 2.91. The number of amides is 2. The van der Waals surface area contributed by atoms with Gasteiger partial charge in [-0.1, -0.05) is 29.8 Å². The maximum Gasteiger partial charge on any atom is 0.322 e. The highest BCUT2D eigenvalue weighted by Gasteiger charge is 2.30. The molecule has 2 aromatic carbocycles. The Morgan fingerprint density at radius 1 is 1.26 bits per heavy atom. The van der Waals surface area contributed by atoms with Crippen molar-refractivity contribution < 1.29 is 9.18 Å². The third-order valence-electron chi connectivity index (χ3n) is 4.19. The van der Waals surface area contributed by atoms with Crippen LogP contribution in [0.25, 0.3) is 0 Å². The van der Waals surface area contributed by atoms with Crippen molar-refractivity contribution in [3.8, 4) is 0 Å². The third-order valence-corrected chi connectivity index (χ3v) is 4.44. The molecule has 5 heteroatoms. The van der Waals surface area contributed by atoms with E-state index in [9.17, 15) is 9.18 Å². The molecule has 1 aliphatic heterocycles. The van der Waals surface area contributed by atoms with E-state index in [0.29, 0.717) is 22.8 Å². The number of rotatable bonds is 2. The minimum Gasteiger partial charge on any atom is -0.317 e. The quantitative estimate of drug-likeness (QED) is 0.809. The molecule has 3 rings (SSSR count). The second-order valence-corrected chi connectivity index (χ2v) is 6.23. The first kappa shape index (κ1) is 15.8. The van der Waals surface area contributed by atoms with Gasteiger partial charge in [0.1, 0.15) is 5.82 Å². The zero-order valence-corrected chi connectivity index (χ0v) is 13.6. The molecule has 1 fully saturated rings. The fraction of sp³-hybridized carbons (Fsp3) is 0.278. The molecule has 1 atom stereocenters. The van der Waals surface area contributed by atoms with Crippen LogP contribution in [-0.4, -0.2) is 17.5 Å². The van der Waals surface area contributed by atoms with Gasteiger partial charge in [0.2, 0.25) is 0 Å². The Labute approximate surface area is 140 Å². The van der Waals surface area contributed by atoms with Crippen LogP contribution in [0.3, 0.4) is 0 Å². The highest BCUT2D eigenvalue weighted by molar-refractivity contribution is 6.30. The van der Waals surface area contributed by atoms with Crippen molar-refractivity contribution in [2.75, 3.05) is 11.9 Å². The van der Waals surface area contributed by atoms with Crippen LogP contribution in [0.4, 0.5) is 14.9 Å². The Kier molecular flexibility index (Phi) is 4.53. The standard InChI is InChI=1S/C18H18ClFN2O/c1-12-4-9-15(11-16(12)20)21-18(23)22-10-2-3-17(22)13-5-7-14(19)8-6-13/h4-9,11,17H,2-3,10H2,1H3,(H,21,23)/t17-/m1/s1. The molecule has 0 radical (unpaired) electrons. The lowest BCUT2D eigenvalue weighted by Crippen LogP contribution is -2.34. The first-order valence-electron chi connectivity index (χ1n) is 7.64. The summed E-state index contributed by atoms with van der Waals surface area (Å²) in [6.45, 7) is 2.38. The molecule has 1 aliphatic rings. The van der Waals surface area contributed by atoms with Crippen LogP contribution in [-0.2, 0) is 0 Å². The van der Waals surface area contributed by atoms with Gasteiger partial charge < -0.3 is 10.2 Å². The van der Waals surface area contributed by atoms with E-state index in [1.165, 1.54) is 6.07 Å². The van der Waals surface area contributed by atoms with Crippen molar-refractivity contribution in [1.82, 2.24) is 4.90 Å². The van der Waals surface area contributed by atoms with Gasteiger partial charge in [0.15, 0.2) is 0 Å². The highest BCUT2D eigenvalue weighted by atomic mass is 35.5. The number of likely N-dealkylation sites (tertiary alicyclic amines) is 1. The summed E-state index contributed by atoms with van der Waals surface area (Å²) in [6.07, 6.45) is 1.86. The van der Waals surface area contributed by atoms with E-state index < -0.39 is 0 Å². The number of hydrogen-bond acceptors (Lipinski definition) is 1. The maximum absolute atomic E-state index is 13.6. The average molecular weight is 333 g/mol. The van der Waals surface area contributed by atoms with Crippen molar-refractivity contribution in [2.24, 2.45) is 0 Å². The van der Waals surface area contributed by atoms with Crippen LogP contribution < -0.4 is 5.32 Å². The number of hydrogen-bond donors (Lipinski definition) is 1. The largest absolute Gasteiger partial charge is 0.322 e. The number of carbonyl (C=O) groups is 1. The summed E-state index contributed by atoms with van der Waals surface area (Å²) in [5.74, 6) is -0.321. The van der Waals surface area contributed by atoms with Crippen molar-refractivity contribution in [3.05, 3.63) is 64.4 Å². The summed E-state index contributed by atoms with van der Waals surface area (Å²) < 4.78 is 13.6. The van der Waals surface area contributed by atoms with E-state index in [2.05, 4.69) is 5.32 Å². The molecule has 2 aromatic rings. The first-order chi connectivity index (χ1) is 11.0. The van der Waals surface area contributed by atoms with Crippen molar-refractivity contribution in [1.29, 1.82) is 0 Å². The van der Waals surface area contributed by atoms with Crippen LogP contribution in [0.5, 0.6) is 0 Å². The van der Waals surface area contributed by atoms with Gasteiger partial charge in [-0.25, -0.2) is 9.18 Å². The molecular weight excluding hydrogens is 315 g/mol. The van der Waals surface area contributed by atoms with Gasteiger partial charge in [-0.05, 0) is 55.2 Å². The SMILES string of the molecule is Cc1ccc(NC(=O)N2CCC[C@@H]2c2ccc(Cl)cc2)cc1F. The van der Waals surface area contributed by atoms with E-state index in [4.69, 9.17) is 11.6 Å². The Balaban J connectivity index is 1.75. The molecule has 1 N–H and O–H groups in total. The highest BCUT2D eigenvalue weighted by Crippen LogP contribution is 2.33. The van der Waals surface area contributed by atoms with Crippen LogP contribution >= 0.6 is 11.6 Å². The van der Waals surface area contributed by atoms with Gasteiger partial charge in [0, 0.05) is 17.3 Å². The predicted octanol–water partition coefficient (Wildman–Crippen LogP) is 5.16. The number of urea groups is 1. The van der Waals surface area contributed by atoms with Crippen molar-refractivity contribution in [2.45, 2.75) is 25.8 Å². The molecule has 1 saturated heterocycles. The summed E-state index contributed by atoms with van der Waals surface area (Å²) in [5.41, 5.74) is 2.10. The maximum atomic E-state index is 13.6. The van der Waals surface area contributed by atoms with Gasteiger partial charge in [-0.3, -0.25) is 0 Å². The lowest BCUT2D eigenvalue weighted by atomic mass is 10.1. The van der Waals surface area contributed by atoms with Gasteiger partial charge in [-0.2, -0.15) is 0 Å². The summed E-state index contributed by atoms with van der Waals surface area (Å²) in [5, 5.41) is 3.46. The summed E-state index contributed by atoms with van der Waals surface area (Å²) in [4.78, 5) is 14.3. The second-order valence-electron chi connectivity index (χ2n) is 5.80. The molecule has 120 valence electrons. The molecule has 0 aliphatic carbocycles. The van der Waals surface area contributed by atoms with E-state index in [1.807, 2.05) is 24.3 Å². The molecule has 0 unspecified atom stereocenters. The van der Waals surface area contributed by atoms with E-state index in [0.717, 1.165) is 18.4 Å². The second kappa shape index (κ2) is 6.59. The number of nitrogens with one attached hydrogen (secondary N) is 1. The molecule has 0 spiro atoms. The number of halogens is 2. The average Bonchev–Trinajstić information content (AvgIpc) is 3.01. The van der Waals surface area contributed by atoms with Crippen LogP contribution in [0.1, 0.15) is 30.0 Å². The van der Waals surface area contributed by atoms with Crippen LogP contribution in [0.2, 0.25) is 5.02 Å². The molecule has 2 amide bonds. The topological polar surface area (TPSA) is 32.3 Å². The Morgan fingerprint density at radius 2 is 2.00 bits per heavy atom. The monoisotopic (exact) mass is 332 g/mol. The molecule has 23 heavy (non-hydrogen) atoms. The van der Waals surface area contributed by atoms with Crippen molar-refractivity contribution >= 4 is 23.3 Å².